The first kappa shape index (κ1) is 19.0. The molecule has 0 saturated carbocycles. The first-order valence-electron chi connectivity index (χ1n) is 8.47. The second-order valence-electron chi connectivity index (χ2n) is 6.35. The van der Waals surface area contributed by atoms with Gasteiger partial charge in [-0.25, -0.2) is 9.78 Å². The van der Waals surface area contributed by atoms with Crippen molar-refractivity contribution in [3.63, 3.8) is 0 Å². The van der Waals surface area contributed by atoms with Gasteiger partial charge < -0.3 is 10.2 Å². The molecule has 0 fully saturated rings. The fourth-order valence-corrected chi connectivity index (χ4v) is 2.83. The Bertz CT molecular complexity index is 1180. The number of fused-ring (bicyclic) bond motifs is 1. The van der Waals surface area contributed by atoms with Crippen molar-refractivity contribution in [2.45, 2.75) is 6.54 Å². The van der Waals surface area contributed by atoms with Gasteiger partial charge in [-0.1, -0.05) is 12.1 Å². The van der Waals surface area contributed by atoms with Gasteiger partial charge in [0.15, 0.2) is 0 Å². The Hall–Kier alpha value is -3.75. The molecule has 144 valence electrons. The number of hydrogen-bond acceptors (Lipinski definition) is 5. The van der Waals surface area contributed by atoms with Gasteiger partial charge in [0, 0.05) is 39.4 Å². The van der Waals surface area contributed by atoms with E-state index in [1.165, 1.54) is 28.8 Å². The molecule has 0 unspecified atom stereocenters. The van der Waals surface area contributed by atoms with Crippen LogP contribution in [0.1, 0.15) is 26.3 Å². The molecule has 0 radical (unpaired) electrons. The predicted octanol–water partition coefficient (Wildman–Crippen LogP) is 0.254. The monoisotopic (exact) mass is 381 g/mol. The van der Waals surface area contributed by atoms with E-state index >= 15 is 0 Å². The molecule has 0 aliphatic rings. The quantitative estimate of drug-likeness (QED) is 0.672. The van der Waals surface area contributed by atoms with Crippen molar-refractivity contribution in [1.29, 1.82) is 0 Å². The summed E-state index contributed by atoms with van der Waals surface area (Å²) in [5.74, 6) is -0.504. The van der Waals surface area contributed by atoms with Gasteiger partial charge in [-0.2, -0.15) is 0 Å². The van der Waals surface area contributed by atoms with E-state index in [1.807, 2.05) is 0 Å². The van der Waals surface area contributed by atoms with Gasteiger partial charge in [-0.05, 0) is 23.8 Å². The number of carbonyl (C=O) groups excluding carboxylic acids is 2. The Morgan fingerprint density at radius 2 is 1.86 bits per heavy atom. The van der Waals surface area contributed by atoms with Crippen molar-refractivity contribution in [1.82, 2.24) is 24.8 Å². The molecule has 28 heavy (non-hydrogen) atoms. The van der Waals surface area contributed by atoms with E-state index in [0.29, 0.717) is 12.1 Å². The second-order valence-corrected chi connectivity index (χ2v) is 6.35. The van der Waals surface area contributed by atoms with E-state index in [9.17, 15) is 19.2 Å². The lowest BCUT2D eigenvalue weighted by atomic mass is 10.1. The lowest BCUT2D eigenvalue weighted by Crippen LogP contribution is -2.30. The molecule has 2 heterocycles. The van der Waals surface area contributed by atoms with Gasteiger partial charge in [-0.3, -0.25) is 23.9 Å². The van der Waals surface area contributed by atoms with E-state index in [-0.39, 0.29) is 28.4 Å². The summed E-state index contributed by atoms with van der Waals surface area (Å²) in [6, 6.07) is 8.34. The fourth-order valence-electron chi connectivity index (χ4n) is 2.83. The summed E-state index contributed by atoms with van der Waals surface area (Å²) in [5, 5.41) is 2.71. The molecule has 2 amide bonds. The third kappa shape index (κ3) is 3.54. The number of amides is 2. The highest BCUT2D eigenvalue weighted by Crippen LogP contribution is 2.12. The highest BCUT2D eigenvalue weighted by molar-refractivity contribution is 5.96. The van der Waals surface area contributed by atoms with Gasteiger partial charge in [0.2, 0.25) is 0 Å². The van der Waals surface area contributed by atoms with E-state index < -0.39 is 11.2 Å². The summed E-state index contributed by atoms with van der Waals surface area (Å²) in [5.41, 5.74) is 0.661. The smallest absolute Gasteiger partial charge is 0.329 e. The number of H-pyrrole nitrogens is 1. The topological polar surface area (TPSA) is 117 Å². The molecule has 0 aliphatic carbocycles. The van der Waals surface area contributed by atoms with Crippen LogP contribution in [-0.2, 0) is 13.6 Å². The molecule has 3 aromatic rings. The number of pyridine rings is 1. The average Bonchev–Trinajstić information content (AvgIpc) is 2.71. The van der Waals surface area contributed by atoms with Crippen LogP contribution in [0.5, 0.6) is 0 Å². The standard InChI is InChI=1S/C19H19N5O4/c1-20-16(25)12-6-4-11(5-7-12)10-23(2)18(27)13-8-14-15(21-9-13)24(3)19(28)22-17(14)26/h4-9H,10H2,1-3H3,(H,20,25)(H,22,26,28). The third-order valence-electron chi connectivity index (χ3n) is 4.41. The molecule has 2 aromatic heterocycles. The maximum absolute atomic E-state index is 12.7. The predicted molar refractivity (Wildman–Crippen MR) is 103 cm³/mol. The Kier molecular flexibility index (Phi) is 5.08. The zero-order valence-electron chi connectivity index (χ0n) is 15.6. The molecule has 0 aliphatic heterocycles. The number of aromatic amines is 1. The molecular formula is C19H19N5O4. The Balaban J connectivity index is 1.84. The average molecular weight is 381 g/mol. The summed E-state index contributed by atoms with van der Waals surface area (Å²) in [4.78, 5) is 55.7. The molecule has 1 aromatic carbocycles. The van der Waals surface area contributed by atoms with Crippen LogP contribution in [0.3, 0.4) is 0 Å². The molecule has 0 atom stereocenters. The number of rotatable bonds is 4. The van der Waals surface area contributed by atoms with Crippen molar-refractivity contribution in [2.75, 3.05) is 14.1 Å². The van der Waals surface area contributed by atoms with Crippen LogP contribution >= 0.6 is 0 Å². The van der Waals surface area contributed by atoms with Crippen LogP contribution in [0.4, 0.5) is 0 Å². The highest BCUT2D eigenvalue weighted by atomic mass is 16.2. The van der Waals surface area contributed by atoms with Crippen LogP contribution in [-0.4, -0.2) is 45.3 Å². The lowest BCUT2D eigenvalue weighted by Gasteiger charge is -2.17. The zero-order valence-corrected chi connectivity index (χ0v) is 15.6. The zero-order chi connectivity index (χ0) is 20.4. The molecule has 9 nitrogen and oxygen atoms in total. The summed E-state index contributed by atoms with van der Waals surface area (Å²) in [7, 11) is 4.68. The van der Waals surface area contributed by atoms with Crippen LogP contribution in [0.15, 0.2) is 46.1 Å². The highest BCUT2D eigenvalue weighted by Gasteiger charge is 2.16. The maximum atomic E-state index is 12.7. The minimum Gasteiger partial charge on any atom is -0.355 e. The number of aryl methyl sites for hydroxylation is 1. The number of carbonyl (C=O) groups is 2. The summed E-state index contributed by atoms with van der Waals surface area (Å²) < 4.78 is 1.21. The normalized spacial score (nSPS) is 10.7. The Labute approximate surface area is 159 Å². The number of hydrogen-bond donors (Lipinski definition) is 2. The van der Waals surface area contributed by atoms with Gasteiger partial charge in [0.1, 0.15) is 5.65 Å². The van der Waals surface area contributed by atoms with Gasteiger partial charge in [0.05, 0.1) is 10.9 Å². The number of nitrogens with zero attached hydrogens (tertiary/aromatic N) is 3. The molecule has 0 bridgehead atoms. The van der Waals surface area contributed by atoms with Crippen LogP contribution in [0.25, 0.3) is 11.0 Å². The van der Waals surface area contributed by atoms with Crippen LogP contribution in [0.2, 0.25) is 0 Å². The SMILES string of the molecule is CNC(=O)c1ccc(CN(C)C(=O)c2cnc3c(c2)c(=O)[nH]c(=O)n3C)cc1. The summed E-state index contributed by atoms with van der Waals surface area (Å²) >= 11 is 0. The van der Waals surface area contributed by atoms with E-state index in [4.69, 9.17) is 0 Å². The van der Waals surface area contributed by atoms with Crippen LogP contribution in [0, 0.1) is 0 Å². The number of aromatic nitrogens is 3. The molecule has 3 rings (SSSR count). The maximum Gasteiger partial charge on any atom is 0.329 e. The van der Waals surface area contributed by atoms with Crippen molar-refractivity contribution >= 4 is 22.8 Å². The lowest BCUT2D eigenvalue weighted by molar-refractivity contribution is 0.0784. The van der Waals surface area contributed by atoms with Crippen molar-refractivity contribution < 1.29 is 9.59 Å². The minimum absolute atomic E-state index is 0.163. The van der Waals surface area contributed by atoms with Gasteiger partial charge in [-0.15, -0.1) is 0 Å². The molecule has 9 heteroatoms. The summed E-state index contributed by atoms with van der Waals surface area (Å²) in [6.07, 6.45) is 1.34. The van der Waals surface area contributed by atoms with Gasteiger partial charge >= 0.3 is 5.69 Å². The number of nitrogens with one attached hydrogen (secondary N) is 2. The van der Waals surface area contributed by atoms with Crippen molar-refractivity contribution in [3.05, 3.63) is 74.1 Å². The second kappa shape index (κ2) is 7.47. The van der Waals surface area contributed by atoms with E-state index in [0.717, 1.165) is 5.56 Å². The van der Waals surface area contributed by atoms with Crippen molar-refractivity contribution in [2.24, 2.45) is 7.05 Å². The molecule has 0 saturated heterocycles. The molecule has 0 spiro atoms. The van der Waals surface area contributed by atoms with Gasteiger partial charge in [0.25, 0.3) is 17.4 Å². The fraction of sp³-hybridized carbons (Fsp3) is 0.211. The molecule has 2 N–H and O–H groups in total. The number of benzene rings is 1. The first-order chi connectivity index (χ1) is 13.3. The van der Waals surface area contributed by atoms with E-state index in [1.54, 1.807) is 38.4 Å². The van der Waals surface area contributed by atoms with Crippen molar-refractivity contribution in [3.8, 4) is 0 Å². The first-order valence-corrected chi connectivity index (χ1v) is 8.47. The Morgan fingerprint density at radius 3 is 2.50 bits per heavy atom. The summed E-state index contributed by atoms with van der Waals surface area (Å²) in [6.45, 7) is 0.314. The van der Waals surface area contributed by atoms with Crippen LogP contribution < -0.4 is 16.6 Å². The minimum atomic E-state index is -0.590. The third-order valence-corrected chi connectivity index (χ3v) is 4.41. The van der Waals surface area contributed by atoms with E-state index in [2.05, 4.69) is 15.3 Å². The Morgan fingerprint density at radius 1 is 1.18 bits per heavy atom. The molecular weight excluding hydrogens is 362 g/mol. The largest absolute Gasteiger partial charge is 0.355 e.